The molecule has 3 atom stereocenters. The van der Waals surface area contributed by atoms with Crippen molar-refractivity contribution in [3.8, 4) is 0 Å². The van der Waals surface area contributed by atoms with E-state index in [4.69, 9.17) is 9.84 Å². The zero-order chi connectivity index (χ0) is 19.7. The molecule has 0 radical (unpaired) electrons. The normalized spacial score (nSPS) is 23.9. The Morgan fingerprint density at radius 3 is 2.69 bits per heavy atom. The number of rotatable bonds is 4. The molecule has 0 aromatic heterocycles. The van der Waals surface area contributed by atoms with Gasteiger partial charge in [-0.15, -0.1) is 0 Å². The Bertz CT molecular complexity index is 525. The van der Waals surface area contributed by atoms with Crippen molar-refractivity contribution in [1.82, 2.24) is 10.6 Å². The summed E-state index contributed by atoms with van der Waals surface area (Å²) in [5, 5.41) is 14.7. The predicted octanol–water partition coefficient (Wildman–Crippen LogP) is 1.30. The molecule has 1 rings (SSSR count). The van der Waals surface area contributed by atoms with Gasteiger partial charge in [-0.25, -0.2) is 0 Å². The Morgan fingerprint density at radius 2 is 2.08 bits per heavy atom. The lowest BCUT2D eigenvalue weighted by Gasteiger charge is -2.32. The predicted molar refractivity (Wildman–Crippen MR) is 98.1 cm³/mol. The molecule has 1 aliphatic rings. The van der Waals surface area contributed by atoms with Crippen molar-refractivity contribution in [3.05, 3.63) is 12.2 Å². The summed E-state index contributed by atoms with van der Waals surface area (Å²) < 4.78 is 5.29. The number of carbonyl (C=O) groups is 3. The van der Waals surface area contributed by atoms with E-state index < -0.39 is 5.92 Å². The molecule has 148 valence electrons. The third-order valence-corrected chi connectivity index (χ3v) is 4.36. The third-order valence-electron chi connectivity index (χ3n) is 4.36. The molecule has 0 saturated heterocycles. The molecule has 1 heterocycles. The number of cyclic esters (lactones) is 1. The van der Waals surface area contributed by atoms with Crippen LogP contribution in [0.15, 0.2) is 12.2 Å². The van der Waals surface area contributed by atoms with Crippen LogP contribution in [0.3, 0.4) is 0 Å². The number of amides is 2. The molecule has 3 N–H and O–H groups in total. The summed E-state index contributed by atoms with van der Waals surface area (Å²) in [6, 6.07) is -0.696. The van der Waals surface area contributed by atoms with Gasteiger partial charge in [0.1, 0.15) is 6.61 Å². The standard InChI is InChI=1S/C19H32N2O5/c1-13(11-22)20-16(23)10-14-8-6-5-7-9-17(24)26-12-15(19(2,3)4)21-18(14)25/h5-6,13-15,22H,7-12H2,1-4H3,(H,20,23)(H,21,25)/t13-,14-,15-/m1/s1. The summed E-state index contributed by atoms with van der Waals surface area (Å²) in [6.45, 7) is 7.54. The van der Waals surface area contributed by atoms with Crippen LogP contribution in [0.25, 0.3) is 0 Å². The fourth-order valence-corrected chi connectivity index (χ4v) is 2.51. The second kappa shape index (κ2) is 10.3. The summed E-state index contributed by atoms with van der Waals surface area (Å²) in [6.07, 6.45) is 4.95. The van der Waals surface area contributed by atoms with Gasteiger partial charge < -0.3 is 20.5 Å². The van der Waals surface area contributed by atoms with Crippen LogP contribution in [0.4, 0.5) is 0 Å². The highest BCUT2D eigenvalue weighted by atomic mass is 16.5. The van der Waals surface area contributed by atoms with Crippen molar-refractivity contribution in [2.75, 3.05) is 13.2 Å². The number of aliphatic hydroxyl groups excluding tert-OH is 1. The van der Waals surface area contributed by atoms with Gasteiger partial charge >= 0.3 is 5.97 Å². The number of hydrogen-bond acceptors (Lipinski definition) is 5. The molecule has 1 aliphatic heterocycles. The van der Waals surface area contributed by atoms with E-state index in [2.05, 4.69) is 10.6 Å². The maximum Gasteiger partial charge on any atom is 0.306 e. The molecule has 0 aromatic carbocycles. The number of nitrogens with one attached hydrogen (secondary N) is 2. The Labute approximate surface area is 155 Å². The molecular weight excluding hydrogens is 336 g/mol. The number of esters is 1. The zero-order valence-corrected chi connectivity index (χ0v) is 16.2. The van der Waals surface area contributed by atoms with E-state index in [-0.39, 0.29) is 54.9 Å². The molecule has 0 aromatic rings. The van der Waals surface area contributed by atoms with E-state index >= 15 is 0 Å². The largest absolute Gasteiger partial charge is 0.463 e. The van der Waals surface area contributed by atoms with Gasteiger partial charge in [0, 0.05) is 18.9 Å². The van der Waals surface area contributed by atoms with E-state index in [1.54, 1.807) is 6.92 Å². The minimum atomic E-state index is -0.517. The number of hydrogen-bond donors (Lipinski definition) is 3. The van der Waals surface area contributed by atoms with E-state index in [0.29, 0.717) is 19.3 Å². The van der Waals surface area contributed by atoms with Crippen LogP contribution in [-0.4, -0.2) is 48.2 Å². The quantitative estimate of drug-likeness (QED) is 0.512. The monoisotopic (exact) mass is 368 g/mol. The number of carbonyl (C=O) groups excluding carboxylic acids is 3. The fourth-order valence-electron chi connectivity index (χ4n) is 2.51. The van der Waals surface area contributed by atoms with E-state index in [0.717, 1.165) is 0 Å². The minimum absolute atomic E-state index is 0.0389. The third kappa shape index (κ3) is 7.99. The molecule has 7 heteroatoms. The first kappa shape index (κ1) is 22.2. The lowest BCUT2D eigenvalue weighted by molar-refractivity contribution is -0.146. The van der Waals surface area contributed by atoms with Gasteiger partial charge in [0.05, 0.1) is 18.6 Å². The Kier molecular flexibility index (Phi) is 8.78. The Hall–Kier alpha value is -1.89. The molecular formula is C19H32N2O5. The van der Waals surface area contributed by atoms with Crippen molar-refractivity contribution < 1.29 is 24.2 Å². The SMILES string of the molecule is C[C@H](CO)NC(=O)C[C@H]1CC=CCCC(=O)OC[C@H](C(C)(C)C)NC1=O. The molecule has 7 nitrogen and oxygen atoms in total. The van der Waals surface area contributed by atoms with Gasteiger partial charge in [-0.3, -0.25) is 14.4 Å². The lowest BCUT2D eigenvalue weighted by Crippen LogP contribution is -2.49. The first-order chi connectivity index (χ1) is 12.1. The number of ether oxygens (including phenoxy) is 1. The van der Waals surface area contributed by atoms with Gasteiger partial charge in [-0.1, -0.05) is 32.9 Å². The summed E-state index contributed by atoms with van der Waals surface area (Å²) in [7, 11) is 0. The van der Waals surface area contributed by atoms with Crippen molar-refractivity contribution in [1.29, 1.82) is 0 Å². The van der Waals surface area contributed by atoms with Crippen LogP contribution < -0.4 is 10.6 Å². The van der Waals surface area contributed by atoms with Crippen LogP contribution in [0.1, 0.15) is 53.4 Å². The highest BCUT2D eigenvalue weighted by Gasteiger charge is 2.31. The average Bonchev–Trinajstić information content (AvgIpc) is 2.54. The van der Waals surface area contributed by atoms with Gasteiger partial charge in [0.25, 0.3) is 0 Å². The smallest absolute Gasteiger partial charge is 0.306 e. The maximum atomic E-state index is 12.7. The topological polar surface area (TPSA) is 105 Å². The zero-order valence-electron chi connectivity index (χ0n) is 16.2. The first-order valence-corrected chi connectivity index (χ1v) is 9.14. The molecule has 2 amide bonds. The van der Waals surface area contributed by atoms with Gasteiger partial charge in [0.15, 0.2) is 0 Å². The summed E-state index contributed by atoms with van der Waals surface area (Å²) in [5.74, 6) is -1.31. The second-order valence-corrected chi connectivity index (χ2v) is 7.91. The summed E-state index contributed by atoms with van der Waals surface area (Å²) in [4.78, 5) is 36.6. The number of allylic oxidation sites excluding steroid dienone is 2. The van der Waals surface area contributed by atoms with E-state index in [9.17, 15) is 14.4 Å². The second-order valence-electron chi connectivity index (χ2n) is 7.91. The Morgan fingerprint density at radius 1 is 1.38 bits per heavy atom. The summed E-state index contributed by atoms with van der Waals surface area (Å²) >= 11 is 0. The Balaban J connectivity index is 2.89. The maximum absolute atomic E-state index is 12.7. The average molecular weight is 368 g/mol. The highest BCUT2D eigenvalue weighted by Crippen LogP contribution is 2.22. The van der Waals surface area contributed by atoms with Gasteiger partial charge in [-0.05, 0) is 25.2 Å². The molecule has 0 unspecified atom stereocenters. The first-order valence-electron chi connectivity index (χ1n) is 9.14. The van der Waals surface area contributed by atoms with Crippen molar-refractivity contribution >= 4 is 17.8 Å². The lowest BCUT2D eigenvalue weighted by atomic mass is 9.86. The molecule has 0 aliphatic carbocycles. The van der Waals surface area contributed by atoms with Crippen LogP contribution in [0.2, 0.25) is 0 Å². The minimum Gasteiger partial charge on any atom is -0.463 e. The van der Waals surface area contributed by atoms with Crippen LogP contribution in [0.5, 0.6) is 0 Å². The van der Waals surface area contributed by atoms with Crippen molar-refractivity contribution in [3.63, 3.8) is 0 Å². The van der Waals surface area contributed by atoms with Gasteiger partial charge in [-0.2, -0.15) is 0 Å². The molecule has 0 bridgehead atoms. The molecule has 26 heavy (non-hydrogen) atoms. The van der Waals surface area contributed by atoms with E-state index in [1.807, 2.05) is 32.9 Å². The molecule has 0 saturated carbocycles. The number of aliphatic hydroxyl groups is 1. The molecule has 0 fully saturated rings. The summed E-state index contributed by atoms with van der Waals surface area (Å²) in [5.41, 5.74) is -0.298. The van der Waals surface area contributed by atoms with Gasteiger partial charge in [0.2, 0.25) is 11.8 Å². The van der Waals surface area contributed by atoms with Crippen LogP contribution in [-0.2, 0) is 19.1 Å². The highest BCUT2D eigenvalue weighted by molar-refractivity contribution is 5.86. The van der Waals surface area contributed by atoms with E-state index in [1.165, 1.54) is 0 Å². The fraction of sp³-hybridized carbons (Fsp3) is 0.737. The van der Waals surface area contributed by atoms with Crippen molar-refractivity contribution in [2.24, 2.45) is 11.3 Å². The molecule has 0 spiro atoms. The van der Waals surface area contributed by atoms with Crippen LogP contribution >= 0.6 is 0 Å². The van der Waals surface area contributed by atoms with Crippen molar-refractivity contribution in [2.45, 2.75) is 65.5 Å². The van der Waals surface area contributed by atoms with Crippen LogP contribution in [0, 0.1) is 11.3 Å².